The first-order valence-electron chi connectivity index (χ1n) is 24.5. The molecular weight excluding hydrogens is 879 g/mol. The van der Waals surface area contributed by atoms with Gasteiger partial charge in [-0.1, -0.05) is 166 Å². The summed E-state index contributed by atoms with van der Waals surface area (Å²) in [6.07, 6.45) is 1.89. The van der Waals surface area contributed by atoms with Gasteiger partial charge in [0, 0.05) is 72.5 Å². The number of benzene rings is 9. The second-order valence-electron chi connectivity index (χ2n) is 19.1. The van der Waals surface area contributed by atoms with Crippen LogP contribution >= 0.6 is 0 Å². The van der Waals surface area contributed by atoms with Crippen molar-refractivity contribution in [2.45, 2.75) is 19.3 Å². The molecule has 0 saturated carbocycles. The highest BCUT2D eigenvalue weighted by Crippen LogP contribution is 2.52. The molecule has 0 aliphatic carbocycles. The molecule has 9 aromatic carbocycles. The van der Waals surface area contributed by atoms with Crippen LogP contribution in [0, 0.1) is 0 Å². The van der Waals surface area contributed by atoms with E-state index in [0.29, 0.717) is 17.5 Å². The molecule has 13 aromatic rings. The molecule has 4 aromatic heterocycles. The molecule has 14 rings (SSSR count). The summed E-state index contributed by atoms with van der Waals surface area (Å²) in [5.74, 6) is 1.78. The van der Waals surface area contributed by atoms with Crippen molar-refractivity contribution < 1.29 is 0 Å². The molecule has 72 heavy (non-hydrogen) atoms. The molecule has 0 atom stereocenters. The Balaban J connectivity index is 0.959. The number of fused-ring (bicyclic) bond motifs is 8. The molecule has 0 radical (unpaired) electrons. The van der Waals surface area contributed by atoms with Crippen LogP contribution in [0.2, 0.25) is 0 Å². The lowest BCUT2D eigenvalue weighted by Crippen LogP contribution is -2.30. The van der Waals surface area contributed by atoms with Crippen LogP contribution < -0.4 is 4.90 Å². The molecule has 0 amide bonds. The third kappa shape index (κ3) is 6.58. The molecule has 0 saturated heterocycles. The Morgan fingerprint density at radius 2 is 0.778 bits per heavy atom. The van der Waals surface area contributed by atoms with E-state index in [4.69, 9.17) is 19.9 Å². The maximum Gasteiger partial charge on any atom is 0.165 e. The molecule has 0 bridgehead atoms. The zero-order chi connectivity index (χ0) is 47.9. The van der Waals surface area contributed by atoms with Crippen molar-refractivity contribution in [3.05, 3.63) is 248 Å². The maximum atomic E-state index is 5.21. The fourth-order valence-electron chi connectivity index (χ4n) is 11.2. The van der Waals surface area contributed by atoms with Gasteiger partial charge in [-0.05, 0) is 90.0 Å². The van der Waals surface area contributed by atoms with Crippen LogP contribution in [0.15, 0.2) is 237 Å². The lowest BCUT2D eigenvalue weighted by atomic mass is 9.73. The van der Waals surface area contributed by atoms with Crippen LogP contribution in [0.5, 0.6) is 0 Å². The number of hydrogen-bond donors (Lipinski definition) is 0. The molecule has 0 fully saturated rings. The minimum atomic E-state index is -0.150. The van der Waals surface area contributed by atoms with Crippen molar-refractivity contribution in [1.29, 1.82) is 0 Å². The summed E-state index contributed by atoms with van der Waals surface area (Å²) >= 11 is 0. The van der Waals surface area contributed by atoms with Crippen molar-refractivity contribution >= 4 is 60.7 Å². The molecule has 1 aliphatic heterocycles. The smallest absolute Gasteiger partial charge is 0.165 e. The number of anilines is 3. The molecule has 0 unspecified atom stereocenters. The normalized spacial score (nSPS) is 12.9. The third-order valence-electron chi connectivity index (χ3n) is 14.6. The van der Waals surface area contributed by atoms with Gasteiger partial charge in [-0.15, -0.1) is 0 Å². The van der Waals surface area contributed by atoms with Gasteiger partial charge in [-0.25, -0.2) is 15.0 Å². The van der Waals surface area contributed by atoms with Gasteiger partial charge in [0.2, 0.25) is 0 Å². The van der Waals surface area contributed by atoms with Gasteiger partial charge >= 0.3 is 0 Å². The second-order valence-corrected chi connectivity index (χ2v) is 19.1. The quantitative estimate of drug-likeness (QED) is 0.159. The lowest BCUT2D eigenvalue weighted by molar-refractivity contribution is 0.632. The second kappa shape index (κ2) is 16.3. The van der Waals surface area contributed by atoms with Gasteiger partial charge < -0.3 is 14.0 Å². The SMILES string of the molecule is CC1(C)c2ccccc2N(c2ccc3c(c2)c2ccccc2n3-c2cc(-c3ccc(-c4nc(-c5ccccc5)nc(-c5ccccc5)n4)cn3)cc(-n3c4ccccc4c4ccccc43)c2)c2ccccc21. The van der Waals surface area contributed by atoms with Crippen LogP contribution in [0.3, 0.4) is 0 Å². The fourth-order valence-corrected chi connectivity index (χ4v) is 11.2. The van der Waals surface area contributed by atoms with E-state index in [1.807, 2.05) is 66.9 Å². The third-order valence-corrected chi connectivity index (χ3v) is 14.6. The van der Waals surface area contributed by atoms with Crippen LogP contribution in [-0.4, -0.2) is 29.1 Å². The first-order valence-corrected chi connectivity index (χ1v) is 24.5. The molecule has 1 aliphatic rings. The first kappa shape index (κ1) is 41.5. The highest BCUT2D eigenvalue weighted by atomic mass is 15.2. The summed E-state index contributed by atoms with van der Waals surface area (Å²) in [7, 11) is 0. The van der Waals surface area contributed by atoms with E-state index in [1.165, 1.54) is 44.0 Å². The maximum absolute atomic E-state index is 5.21. The summed E-state index contributed by atoms with van der Waals surface area (Å²) in [6.45, 7) is 4.67. The molecule has 0 spiro atoms. The number of para-hydroxylation sites is 5. The highest BCUT2D eigenvalue weighted by molar-refractivity contribution is 6.12. The monoisotopic (exact) mass is 923 g/mol. The van der Waals surface area contributed by atoms with Gasteiger partial charge in [0.1, 0.15) is 0 Å². The summed E-state index contributed by atoms with van der Waals surface area (Å²) in [4.78, 5) is 22.6. The Hall–Kier alpha value is -9.46. The van der Waals surface area contributed by atoms with Gasteiger partial charge in [-0.2, -0.15) is 0 Å². The van der Waals surface area contributed by atoms with E-state index in [-0.39, 0.29) is 5.41 Å². The van der Waals surface area contributed by atoms with Crippen LogP contribution in [0.25, 0.3) is 100 Å². The van der Waals surface area contributed by atoms with Crippen molar-refractivity contribution in [3.63, 3.8) is 0 Å². The van der Waals surface area contributed by atoms with E-state index in [1.54, 1.807) is 0 Å². The topological polar surface area (TPSA) is 64.7 Å². The van der Waals surface area contributed by atoms with Gasteiger partial charge in [-0.3, -0.25) is 4.98 Å². The van der Waals surface area contributed by atoms with Gasteiger partial charge in [0.25, 0.3) is 0 Å². The standard InChI is InChI=1S/C65H45N7/c1-65(2)53-26-12-17-31-60(53)70(61-32-18-13-27-54(61)65)46-34-36-59-52(40-46)51-25-11-16-30-58(51)72(59)48-38-45(37-47(39-48)71-56-28-14-9-23-49(56)50-24-10-15-29-57(50)71)55-35-33-44(41-66-55)64-68-62(42-19-5-3-6-20-42)67-63(69-64)43-21-7-4-8-22-43/h3-41H,1-2H3. The predicted molar refractivity (Wildman–Crippen MR) is 295 cm³/mol. The highest BCUT2D eigenvalue weighted by Gasteiger charge is 2.36. The lowest BCUT2D eigenvalue weighted by Gasteiger charge is -2.42. The Labute approximate surface area is 416 Å². The predicted octanol–water partition coefficient (Wildman–Crippen LogP) is 16.2. The van der Waals surface area contributed by atoms with Crippen LogP contribution in [0.4, 0.5) is 17.1 Å². The summed E-state index contributed by atoms with van der Waals surface area (Å²) in [5.41, 5.74) is 17.0. The van der Waals surface area contributed by atoms with Gasteiger partial charge in [0.05, 0.1) is 39.1 Å². The molecule has 7 heteroatoms. The molecular formula is C65H45N7. The number of hydrogen-bond acceptors (Lipinski definition) is 5. The summed E-state index contributed by atoms with van der Waals surface area (Å²) in [6, 6.07) is 82.0. The van der Waals surface area contributed by atoms with E-state index in [0.717, 1.165) is 67.1 Å². The fraction of sp³-hybridized carbons (Fsp3) is 0.0462. The molecule has 0 N–H and O–H groups in total. The minimum absolute atomic E-state index is 0.150. The van der Waals surface area contributed by atoms with Crippen LogP contribution in [-0.2, 0) is 5.41 Å². The van der Waals surface area contributed by atoms with E-state index in [9.17, 15) is 0 Å². The number of pyridine rings is 1. The van der Waals surface area contributed by atoms with E-state index < -0.39 is 0 Å². The molecule has 5 heterocycles. The Morgan fingerprint density at radius 1 is 0.333 bits per heavy atom. The van der Waals surface area contributed by atoms with Crippen LogP contribution in [0.1, 0.15) is 25.0 Å². The molecule has 7 nitrogen and oxygen atoms in total. The first-order chi connectivity index (χ1) is 35.5. The van der Waals surface area contributed by atoms with E-state index >= 15 is 0 Å². The largest absolute Gasteiger partial charge is 0.310 e. The average Bonchev–Trinajstić information content (AvgIpc) is 3.96. The summed E-state index contributed by atoms with van der Waals surface area (Å²) < 4.78 is 4.82. The Bertz CT molecular complexity index is 4090. The Kier molecular flexibility index (Phi) is 9.41. The van der Waals surface area contributed by atoms with Crippen molar-refractivity contribution in [2.75, 3.05) is 4.90 Å². The average molecular weight is 924 g/mol. The molecule has 340 valence electrons. The zero-order valence-corrected chi connectivity index (χ0v) is 39.6. The van der Waals surface area contributed by atoms with Gasteiger partial charge in [0.15, 0.2) is 17.5 Å². The number of rotatable bonds is 7. The van der Waals surface area contributed by atoms with Crippen molar-refractivity contribution in [3.8, 4) is 56.8 Å². The number of nitrogens with zero attached hydrogens (tertiary/aromatic N) is 7. The van der Waals surface area contributed by atoms with E-state index in [2.05, 4.69) is 198 Å². The van der Waals surface area contributed by atoms with Crippen molar-refractivity contribution in [1.82, 2.24) is 29.1 Å². The minimum Gasteiger partial charge on any atom is -0.310 e. The zero-order valence-electron chi connectivity index (χ0n) is 39.6. The van der Waals surface area contributed by atoms with Crippen molar-refractivity contribution in [2.24, 2.45) is 0 Å². The Morgan fingerprint density at radius 3 is 1.29 bits per heavy atom. The number of aromatic nitrogens is 6. The summed E-state index contributed by atoms with van der Waals surface area (Å²) in [5, 5.41) is 4.77.